The van der Waals surface area contributed by atoms with E-state index in [4.69, 9.17) is 5.11 Å². The highest BCUT2D eigenvalue weighted by Crippen LogP contribution is 2.48. The average molecular weight is 238 g/mol. The van der Waals surface area contributed by atoms with Crippen LogP contribution in [0.3, 0.4) is 0 Å². The van der Waals surface area contributed by atoms with Gasteiger partial charge in [0.05, 0.1) is 6.42 Å². The largest absolute Gasteiger partial charge is 0.508 e. The van der Waals surface area contributed by atoms with Gasteiger partial charge in [0, 0.05) is 11.5 Å². The lowest BCUT2D eigenvalue weighted by Crippen LogP contribution is -2.10. The number of halogens is 1. The molecule has 0 aliphatic heterocycles. The van der Waals surface area contributed by atoms with Crippen molar-refractivity contribution in [1.29, 1.82) is 0 Å². The third-order valence-electron chi connectivity index (χ3n) is 3.38. The SMILES string of the molecule is Cc1c(F)ccc(O)c1C(CC(=O)O)C1CC1. The van der Waals surface area contributed by atoms with Crippen LogP contribution in [0.15, 0.2) is 12.1 Å². The van der Waals surface area contributed by atoms with Gasteiger partial charge in [0.25, 0.3) is 0 Å². The normalized spacial score (nSPS) is 16.8. The fourth-order valence-corrected chi connectivity index (χ4v) is 2.35. The number of phenols is 1. The summed E-state index contributed by atoms with van der Waals surface area (Å²) in [6, 6.07) is 2.51. The molecule has 1 atom stereocenters. The highest BCUT2D eigenvalue weighted by molar-refractivity contribution is 5.68. The molecule has 2 rings (SSSR count). The van der Waals surface area contributed by atoms with Crippen molar-refractivity contribution in [3.63, 3.8) is 0 Å². The van der Waals surface area contributed by atoms with Crippen LogP contribution in [-0.4, -0.2) is 16.2 Å². The van der Waals surface area contributed by atoms with E-state index in [1.807, 2.05) is 0 Å². The number of aromatic hydroxyl groups is 1. The van der Waals surface area contributed by atoms with E-state index in [2.05, 4.69) is 0 Å². The van der Waals surface area contributed by atoms with Crippen molar-refractivity contribution in [2.75, 3.05) is 0 Å². The number of benzene rings is 1. The Morgan fingerprint density at radius 1 is 1.53 bits per heavy atom. The van der Waals surface area contributed by atoms with Crippen molar-refractivity contribution in [2.45, 2.75) is 32.1 Å². The number of phenolic OH excluding ortho intramolecular Hbond substituents is 1. The van der Waals surface area contributed by atoms with E-state index in [0.717, 1.165) is 12.8 Å². The molecule has 1 aliphatic carbocycles. The molecule has 0 heterocycles. The zero-order valence-electron chi connectivity index (χ0n) is 9.61. The highest BCUT2D eigenvalue weighted by atomic mass is 19.1. The molecule has 0 bridgehead atoms. The molecule has 0 radical (unpaired) electrons. The zero-order valence-corrected chi connectivity index (χ0v) is 9.61. The number of aliphatic carboxylic acids is 1. The molecule has 0 aromatic heterocycles. The first kappa shape index (κ1) is 11.9. The van der Waals surface area contributed by atoms with Crippen LogP contribution < -0.4 is 0 Å². The number of carbonyl (C=O) groups is 1. The molecule has 0 saturated heterocycles. The Morgan fingerprint density at radius 3 is 2.71 bits per heavy atom. The predicted octanol–water partition coefficient (Wildman–Crippen LogP) is 2.81. The zero-order chi connectivity index (χ0) is 12.6. The Hall–Kier alpha value is -1.58. The van der Waals surface area contributed by atoms with E-state index in [0.29, 0.717) is 11.1 Å². The first-order chi connectivity index (χ1) is 8.00. The van der Waals surface area contributed by atoms with Gasteiger partial charge in [0.1, 0.15) is 11.6 Å². The van der Waals surface area contributed by atoms with Gasteiger partial charge in [-0.2, -0.15) is 0 Å². The van der Waals surface area contributed by atoms with E-state index in [1.54, 1.807) is 6.92 Å². The maximum absolute atomic E-state index is 13.5. The van der Waals surface area contributed by atoms with Gasteiger partial charge >= 0.3 is 5.97 Å². The minimum atomic E-state index is -0.912. The van der Waals surface area contributed by atoms with Crippen molar-refractivity contribution in [2.24, 2.45) is 5.92 Å². The monoisotopic (exact) mass is 238 g/mol. The molecule has 1 saturated carbocycles. The van der Waals surface area contributed by atoms with Crippen molar-refractivity contribution >= 4 is 5.97 Å². The first-order valence-electron chi connectivity index (χ1n) is 5.70. The lowest BCUT2D eigenvalue weighted by molar-refractivity contribution is -0.137. The third kappa shape index (κ3) is 2.40. The minimum absolute atomic E-state index is 0.00190. The third-order valence-corrected chi connectivity index (χ3v) is 3.38. The van der Waals surface area contributed by atoms with Gasteiger partial charge in [0.15, 0.2) is 0 Å². The molecule has 2 N–H and O–H groups in total. The molecule has 92 valence electrons. The minimum Gasteiger partial charge on any atom is -0.508 e. The van der Waals surface area contributed by atoms with Crippen molar-refractivity contribution in [3.8, 4) is 5.75 Å². The molecule has 1 aromatic carbocycles. The lowest BCUT2D eigenvalue weighted by Gasteiger charge is -2.18. The molecule has 1 aromatic rings. The molecular formula is C13H15FO3. The maximum Gasteiger partial charge on any atom is 0.303 e. The van der Waals surface area contributed by atoms with E-state index in [9.17, 15) is 14.3 Å². The van der Waals surface area contributed by atoms with Crippen LogP contribution in [0.25, 0.3) is 0 Å². The summed E-state index contributed by atoms with van der Waals surface area (Å²) >= 11 is 0. The van der Waals surface area contributed by atoms with Crippen LogP contribution >= 0.6 is 0 Å². The lowest BCUT2D eigenvalue weighted by atomic mass is 9.87. The summed E-state index contributed by atoms with van der Waals surface area (Å²) in [4.78, 5) is 10.8. The van der Waals surface area contributed by atoms with Crippen LogP contribution in [0.4, 0.5) is 4.39 Å². The van der Waals surface area contributed by atoms with Crippen LogP contribution in [0.5, 0.6) is 5.75 Å². The van der Waals surface area contributed by atoms with Gasteiger partial charge in [-0.3, -0.25) is 4.79 Å². The Bertz CT molecular complexity index is 452. The number of carboxylic acid groups (broad SMARTS) is 1. The molecular weight excluding hydrogens is 223 g/mol. The smallest absolute Gasteiger partial charge is 0.303 e. The van der Waals surface area contributed by atoms with Crippen LogP contribution in [0.2, 0.25) is 0 Å². The summed E-state index contributed by atoms with van der Waals surface area (Å²) in [7, 11) is 0. The number of hydrogen-bond acceptors (Lipinski definition) is 2. The summed E-state index contributed by atoms with van der Waals surface area (Å²) in [6.07, 6.45) is 1.85. The van der Waals surface area contributed by atoms with Gasteiger partial charge in [-0.05, 0) is 43.4 Å². The van der Waals surface area contributed by atoms with Crippen LogP contribution in [-0.2, 0) is 4.79 Å². The molecule has 1 fully saturated rings. The van der Waals surface area contributed by atoms with Crippen molar-refractivity contribution in [3.05, 3.63) is 29.1 Å². The second kappa shape index (κ2) is 4.35. The Kier molecular flexibility index (Phi) is 3.05. The molecule has 1 unspecified atom stereocenters. The van der Waals surface area contributed by atoms with Crippen molar-refractivity contribution < 1.29 is 19.4 Å². The Labute approximate surface area is 98.9 Å². The summed E-state index contributed by atoms with van der Waals surface area (Å²) in [5.41, 5.74) is 0.832. The summed E-state index contributed by atoms with van der Waals surface area (Å²) in [5.74, 6) is -1.32. The number of hydrogen-bond donors (Lipinski definition) is 2. The summed E-state index contributed by atoms with van der Waals surface area (Å²) in [5, 5.41) is 18.7. The van der Waals surface area contributed by atoms with E-state index < -0.39 is 11.8 Å². The second-order valence-electron chi connectivity index (χ2n) is 4.65. The average Bonchev–Trinajstić information content (AvgIpc) is 3.06. The quantitative estimate of drug-likeness (QED) is 0.848. The van der Waals surface area contributed by atoms with E-state index in [-0.39, 0.29) is 24.0 Å². The van der Waals surface area contributed by atoms with Gasteiger partial charge in [-0.1, -0.05) is 0 Å². The summed E-state index contributed by atoms with van der Waals surface area (Å²) < 4.78 is 13.5. The second-order valence-corrected chi connectivity index (χ2v) is 4.65. The highest BCUT2D eigenvalue weighted by Gasteiger charge is 2.36. The summed E-state index contributed by atoms with van der Waals surface area (Å²) in [6.45, 7) is 1.58. The molecule has 0 spiro atoms. The topological polar surface area (TPSA) is 57.5 Å². The molecule has 0 amide bonds. The van der Waals surface area contributed by atoms with Gasteiger partial charge in [0.2, 0.25) is 0 Å². The van der Waals surface area contributed by atoms with E-state index >= 15 is 0 Å². The Morgan fingerprint density at radius 2 is 2.18 bits per heavy atom. The van der Waals surface area contributed by atoms with Crippen LogP contribution in [0.1, 0.15) is 36.3 Å². The number of carboxylic acids is 1. The predicted molar refractivity (Wildman–Crippen MR) is 60.5 cm³/mol. The number of rotatable bonds is 4. The van der Waals surface area contributed by atoms with Crippen molar-refractivity contribution in [1.82, 2.24) is 0 Å². The van der Waals surface area contributed by atoms with Crippen LogP contribution in [0, 0.1) is 18.7 Å². The molecule has 1 aliphatic rings. The Balaban J connectivity index is 2.41. The molecule has 4 heteroatoms. The van der Waals surface area contributed by atoms with Gasteiger partial charge in [-0.15, -0.1) is 0 Å². The van der Waals surface area contributed by atoms with E-state index in [1.165, 1.54) is 12.1 Å². The maximum atomic E-state index is 13.5. The molecule has 3 nitrogen and oxygen atoms in total. The standard InChI is InChI=1S/C13H15FO3/c1-7-10(14)4-5-11(15)13(7)9(6-12(16)17)8-2-3-8/h4-5,8-9,15H,2-3,6H2,1H3,(H,16,17). The van der Waals surface area contributed by atoms with Gasteiger partial charge in [-0.25, -0.2) is 4.39 Å². The fourth-order valence-electron chi connectivity index (χ4n) is 2.35. The molecule has 17 heavy (non-hydrogen) atoms. The van der Waals surface area contributed by atoms with Gasteiger partial charge < -0.3 is 10.2 Å². The fraction of sp³-hybridized carbons (Fsp3) is 0.462. The first-order valence-corrected chi connectivity index (χ1v) is 5.70.